The van der Waals surface area contributed by atoms with Crippen molar-refractivity contribution >= 4 is 11.8 Å². The summed E-state index contributed by atoms with van der Waals surface area (Å²) in [6, 6.07) is 7.00. The summed E-state index contributed by atoms with van der Waals surface area (Å²) in [6.07, 6.45) is 0. The van der Waals surface area contributed by atoms with Crippen LogP contribution < -0.4 is 5.32 Å². The smallest absolute Gasteiger partial charge is 0.0547 e. The fourth-order valence-corrected chi connectivity index (χ4v) is 2.96. The minimum absolute atomic E-state index is 0.246. The highest BCUT2D eigenvalue weighted by atomic mass is 32.2. The van der Waals surface area contributed by atoms with Crippen molar-refractivity contribution in [1.29, 1.82) is 0 Å². The Hall–Kier alpha value is -0.510. The first kappa shape index (κ1) is 15.5. The minimum atomic E-state index is 0.246. The molecule has 0 spiro atoms. The molecule has 1 rings (SSSR count). The van der Waals surface area contributed by atoms with Crippen LogP contribution in [0.2, 0.25) is 0 Å². The van der Waals surface area contributed by atoms with E-state index in [4.69, 9.17) is 5.11 Å². The van der Waals surface area contributed by atoms with Crippen LogP contribution in [0.15, 0.2) is 18.2 Å². The zero-order valence-corrected chi connectivity index (χ0v) is 12.7. The summed E-state index contributed by atoms with van der Waals surface area (Å²) < 4.78 is 0. The Labute approximate surface area is 115 Å². The van der Waals surface area contributed by atoms with E-state index in [1.54, 1.807) is 0 Å². The molecule has 0 bridgehead atoms. The maximum atomic E-state index is 9.10. The molecule has 2 atom stereocenters. The summed E-state index contributed by atoms with van der Waals surface area (Å²) >= 11 is 1.82. The second kappa shape index (κ2) is 7.82. The van der Waals surface area contributed by atoms with Crippen LogP contribution in [0.5, 0.6) is 0 Å². The number of rotatable bonds is 7. The van der Waals surface area contributed by atoms with E-state index < -0.39 is 0 Å². The van der Waals surface area contributed by atoms with Crippen LogP contribution in [0.4, 0.5) is 0 Å². The Balaban J connectivity index is 2.76. The first-order valence-corrected chi connectivity index (χ1v) is 7.66. The Morgan fingerprint density at radius 3 is 2.61 bits per heavy atom. The van der Waals surface area contributed by atoms with Crippen molar-refractivity contribution < 1.29 is 5.11 Å². The van der Waals surface area contributed by atoms with Gasteiger partial charge in [-0.15, -0.1) is 0 Å². The van der Waals surface area contributed by atoms with Crippen LogP contribution in [0.1, 0.15) is 36.6 Å². The van der Waals surface area contributed by atoms with Gasteiger partial charge in [-0.25, -0.2) is 0 Å². The van der Waals surface area contributed by atoms with Gasteiger partial charge in [-0.05, 0) is 31.5 Å². The molecule has 3 heteroatoms. The standard InChI is InChI=1S/C15H25NOS/c1-5-16-15(10-18-13(4)9-17)14-7-6-11(2)8-12(14)3/h6-8,13,15-17H,5,9-10H2,1-4H3. The highest BCUT2D eigenvalue weighted by Gasteiger charge is 2.14. The summed E-state index contributed by atoms with van der Waals surface area (Å²) in [6.45, 7) is 9.71. The molecule has 0 heterocycles. The van der Waals surface area contributed by atoms with Crippen LogP contribution in [0.25, 0.3) is 0 Å². The number of aliphatic hydroxyl groups is 1. The lowest BCUT2D eigenvalue weighted by molar-refractivity contribution is 0.300. The predicted molar refractivity (Wildman–Crippen MR) is 81.3 cm³/mol. The lowest BCUT2D eigenvalue weighted by Crippen LogP contribution is -2.24. The molecule has 18 heavy (non-hydrogen) atoms. The number of thioether (sulfide) groups is 1. The molecule has 1 aromatic carbocycles. The van der Waals surface area contributed by atoms with E-state index in [1.165, 1.54) is 16.7 Å². The highest BCUT2D eigenvalue weighted by molar-refractivity contribution is 7.99. The van der Waals surface area contributed by atoms with Gasteiger partial charge in [0.25, 0.3) is 0 Å². The third-order valence-corrected chi connectivity index (χ3v) is 4.30. The molecule has 0 amide bonds. The summed E-state index contributed by atoms with van der Waals surface area (Å²) in [5.74, 6) is 0.999. The second-order valence-electron chi connectivity index (χ2n) is 4.80. The normalized spacial score (nSPS) is 14.5. The molecule has 0 saturated heterocycles. The molecule has 0 radical (unpaired) electrons. The largest absolute Gasteiger partial charge is 0.395 e. The van der Waals surface area contributed by atoms with Crippen molar-refractivity contribution in [2.24, 2.45) is 0 Å². The van der Waals surface area contributed by atoms with Gasteiger partial charge in [0.15, 0.2) is 0 Å². The Bertz CT molecular complexity index is 368. The van der Waals surface area contributed by atoms with Gasteiger partial charge in [0.2, 0.25) is 0 Å². The van der Waals surface area contributed by atoms with Gasteiger partial charge in [-0.2, -0.15) is 11.8 Å². The average Bonchev–Trinajstić information content (AvgIpc) is 2.34. The van der Waals surface area contributed by atoms with Crippen LogP contribution >= 0.6 is 11.8 Å². The highest BCUT2D eigenvalue weighted by Crippen LogP contribution is 2.24. The van der Waals surface area contributed by atoms with Crippen molar-refractivity contribution in [1.82, 2.24) is 5.32 Å². The first-order valence-electron chi connectivity index (χ1n) is 6.61. The number of hydrogen-bond donors (Lipinski definition) is 2. The van der Waals surface area contributed by atoms with Crippen molar-refractivity contribution in [3.8, 4) is 0 Å². The molecule has 0 aliphatic heterocycles. The average molecular weight is 267 g/mol. The van der Waals surface area contributed by atoms with E-state index in [0.717, 1.165) is 12.3 Å². The molecule has 0 fully saturated rings. The molecule has 2 nitrogen and oxygen atoms in total. The van der Waals surface area contributed by atoms with E-state index in [2.05, 4.69) is 51.2 Å². The van der Waals surface area contributed by atoms with Crippen molar-refractivity contribution in [2.75, 3.05) is 18.9 Å². The van der Waals surface area contributed by atoms with Crippen LogP contribution in [-0.2, 0) is 0 Å². The zero-order valence-electron chi connectivity index (χ0n) is 11.9. The zero-order chi connectivity index (χ0) is 13.5. The number of benzene rings is 1. The predicted octanol–water partition coefficient (Wildman–Crippen LogP) is 3.07. The summed E-state index contributed by atoms with van der Waals surface area (Å²) in [5, 5.41) is 12.9. The Morgan fingerprint density at radius 2 is 2.06 bits per heavy atom. The first-order chi connectivity index (χ1) is 8.58. The molecule has 102 valence electrons. The van der Waals surface area contributed by atoms with Crippen molar-refractivity contribution in [3.63, 3.8) is 0 Å². The monoisotopic (exact) mass is 267 g/mol. The third kappa shape index (κ3) is 4.63. The van der Waals surface area contributed by atoms with Crippen LogP contribution in [0.3, 0.4) is 0 Å². The molecule has 0 aliphatic rings. The van der Waals surface area contributed by atoms with Crippen LogP contribution in [-0.4, -0.2) is 29.3 Å². The summed E-state index contributed by atoms with van der Waals surface area (Å²) in [5.41, 5.74) is 4.03. The van der Waals surface area contributed by atoms with Crippen LogP contribution in [0, 0.1) is 13.8 Å². The quantitative estimate of drug-likeness (QED) is 0.796. The molecule has 2 unspecified atom stereocenters. The van der Waals surface area contributed by atoms with Crippen molar-refractivity contribution in [3.05, 3.63) is 34.9 Å². The maximum absolute atomic E-state index is 9.10. The van der Waals surface area contributed by atoms with Gasteiger partial charge in [0, 0.05) is 17.0 Å². The molecule has 0 aliphatic carbocycles. The van der Waals surface area contributed by atoms with E-state index in [0.29, 0.717) is 11.3 Å². The van der Waals surface area contributed by atoms with Gasteiger partial charge in [-0.1, -0.05) is 37.6 Å². The van der Waals surface area contributed by atoms with Crippen molar-refractivity contribution in [2.45, 2.75) is 39.0 Å². The van der Waals surface area contributed by atoms with Gasteiger partial charge in [0.05, 0.1) is 6.61 Å². The van der Waals surface area contributed by atoms with E-state index >= 15 is 0 Å². The van der Waals surface area contributed by atoms with Gasteiger partial charge in [-0.3, -0.25) is 0 Å². The summed E-state index contributed by atoms with van der Waals surface area (Å²) in [7, 11) is 0. The molecule has 1 aromatic rings. The lowest BCUT2D eigenvalue weighted by Gasteiger charge is -2.21. The third-order valence-electron chi connectivity index (χ3n) is 3.06. The van der Waals surface area contributed by atoms with E-state index in [9.17, 15) is 0 Å². The molecule has 2 N–H and O–H groups in total. The van der Waals surface area contributed by atoms with Gasteiger partial charge < -0.3 is 10.4 Å². The molecule has 0 aromatic heterocycles. The fraction of sp³-hybridized carbons (Fsp3) is 0.600. The number of aliphatic hydroxyl groups excluding tert-OH is 1. The minimum Gasteiger partial charge on any atom is -0.395 e. The second-order valence-corrected chi connectivity index (χ2v) is 6.27. The Kier molecular flexibility index (Phi) is 6.76. The Morgan fingerprint density at radius 1 is 1.33 bits per heavy atom. The number of aryl methyl sites for hydroxylation is 2. The van der Waals surface area contributed by atoms with Gasteiger partial charge >= 0.3 is 0 Å². The molecular formula is C15H25NOS. The fourth-order valence-electron chi connectivity index (χ4n) is 2.03. The SMILES string of the molecule is CCNC(CSC(C)CO)c1ccc(C)cc1C. The topological polar surface area (TPSA) is 32.3 Å². The molecular weight excluding hydrogens is 242 g/mol. The molecule has 0 saturated carbocycles. The maximum Gasteiger partial charge on any atom is 0.0547 e. The number of hydrogen-bond acceptors (Lipinski definition) is 3. The lowest BCUT2D eigenvalue weighted by atomic mass is 10.0. The number of nitrogens with one attached hydrogen (secondary N) is 1. The van der Waals surface area contributed by atoms with E-state index in [1.807, 2.05) is 11.8 Å². The summed E-state index contributed by atoms with van der Waals surface area (Å²) in [4.78, 5) is 0. The van der Waals surface area contributed by atoms with E-state index in [-0.39, 0.29) is 6.61 Å². The van der Waals surface area contributed by atoms with Gasteiger partial charge in [0.1, 0.15) is 0 Å².